The fourth-order valence-electron chi connectivity index (χ4n) is 1.86. The van der Waals surface area contributed by atoms with E-state index in [9.17, 15) is 9.90 Å². The van der Waals surface area contributed by atoms with Crippen molar-refractivity contribution in [2.75, 3.05) is 6.54 Å². The second-order valence-electron chi connectivity index (χ2n) is 4.88. The van der Waals surface area contributed by atoms with Gasteiger partial charge in [0, 0.05) is 12.7 Å². The average Bonchev–Trinajstić information content (AvgIpc) is 2.87. The van der Waals surface area contributed by atoms with Crippen molar-refractivity contribution >= 4 is 5.97 Å². The number of carboxylic acid groups (broad SMARTS) is 1. The number of hydrogen-bond acceptors (Lipinski definition) is 3. The molecule has 100 valence electrons. The number of nitrogens with two attached hydrogens (primary N) is 1. The van der Waals surface area contributed by atoms with Crippen LogP contribution in [0, 0.1) is 5.41 Å². The zero-order valence-corrected chi connectivity index (χ0v) is 10.8. The summed E-state index contributed by atoms with van der Waals surface area (Å²) in [4.78, 5) is 11.2. The minimum atomic E-state index is -0.954. The molecule has 5 heteroatoms. The van der Waals surface area contributed by atoms with Gasteiger partial charge < -0.3 is 10.8 Å². The molecule has 19 heavy (non-hydrogen) atoms. The highest BCUT2D eigenvalue weighted by molar-refractivity contribution is 5.74. The lowest BCUT2D eigenvalue weighted by atomic mass is 9.85. The van der Waals surface area contributed by atoms with Crippen LogP contribution in [0.4, 0.5) is 0 Å². The van der Waals surface area contributed by atoms with E-state index in [0.717, 1.165) is 11.3 Å². The second-order valence-corrected chi connectivity index (χ2v) is 4.88. The number of aromatic nitrogens is 2. The van der Waals surface area contributed by atoms with Crippen LogP contribution in [0.25, 0.3) is 5.69 Å². The fourth-order valence-corrected chi connectivity index (χ4v) is 1.86. The molecule has 1 atom stereocenters. The van der Waals surface area contributed by atoms with Crippen LogP contribution in [0.1, 0.15) is 12.5 Å². The third-order valence-electron chi connectivity index (χ3n) is 3.22. The monoisotopic (exact) mass is 259 g/mol. The van der Waals surface area contributed by atoms with Gasteiger partial charge in [0.1, 0.15) is 0 Å². The third kappa shape index (κ3) is 2.82. The summed E-state index contributed by atoms with van der Waals surface area (Å²) < 4.78 is 1.73. The van der Waals surface area contributed by atoms with Gasteiger partial charge in [-0.25, -0.2) is 4.68 Å². The van der Waals surface area contributed by atoms with Gasteiger partial charge in [-0.2, -0.15) is 5.10 Å². The van der Waals surface area contributed by atoms with Gasteiger partial charge in [0.2, 0.25) is 0 Å². The van der Waals surface area contributed by atoms with Crippen molar-refractivity contribution < 1.29 is 9.90 Å². The van der Waals surface area contributed by atoms with Gasteiger partial charge in [-0.15, -0.1) is 0 Å². The summed E-state index contributed by atoms with van der Waals surface area (Å²) in [5.74, 6) is -0.887. The van der Waals surface area contributed by atoms with Crippen LogP contribution in [-0.2, 0) is 11.2 Å². The van der Waals surface area contributed by atoms with Gasteiger partial charge in [-0.05, 0) is 31.0 Å². The van der Waals surface area contributed by atoms with E-state index in [-0.39, 0.29) is 6.54 Å². The Kier molecular flexibility index (Phi) is 3.66. The molecule has 0 aliphatic rings. The van der Waals surface area contributed by atoms with E-state index >= 15 is 0 Å². The summed E-state index contributed by atoms with van der Waals surface area (Å²) in [6.07, 6.45) is 3.89. The van der Waals surface area contributed by atoms with E-state index in [1.807, 2.05) is 36.5 Å². The van der Waals surface area contributed by atoms with Crippen LogP contribution >= 0.6 is 0 Å². The summed E-state index contributed by atoms with van der Waals surface area (Å²) in [5, 5.41) is 13.5. The molecule has 0 saturated heterocycles. The highest BCUT2D eigenvalue weighted by Crippen LogP contribution is 2.22. The molecule has 0 aliphatic carbocycles. The molecule has 0 aliphatic heterocycles. The lowest BCUT2D eigenvalue weighted by molar-refractivity contribution is -0.147. The lowest BCUT2D eigenvalue weighted by Crippen LogP contribution is -2.37. The van der Waals surface area contributed by atoms with Crippen molar-refractivity contribution in [2.45, 2.75) is 13.3 Å². The first-order chi connectivity index (χ1) is 9.05. The van der Waals surface area contributed by atoms with E-state index < -0.39 is 11.4 Å². The van der Waals surface area contributed by atoms with Gasteiger partial charge in [0.15, 0.2) is 0 Å². The molecule has 5 nitrogen and oxygen atoms in total. The van der Waals surface area contributed by atoms with Crippen molar-refractivity contribution in [1.29, 1.82) is 0 Å². The van der Waals surface area contributed by atoms with Crippen molar-refractivity contribution in [3.05, 3.63) is 48.3 Å². The largest absolute Gasteiger partial charge is 0.481 e. The molecule has 2 aromatic rings. The number of para-hydroxylation sites is 1. The number of carboxylic acids is 1. The van der Waals surface area contributed by atoms with Gasteiger partial charge in [-0.3, -0.25) is 4.79 Å². The van der Waals surface area contributed by atoms with Crippen molar-refractivity contribution in [2.24, 2.45) is 11.1 Å². The summed E-state index contributed by atoms with van der Waals surface area (Å²) in [6, 6.07) is 9.67. The number of carbonyl (C=O) groups is 1. The van der Waals surface area contributed by atoms with Crippen LogP contribution < -0.4 is 5.73 Å². The molecule has 2 rings (SSSR count). The first-order valence-electron chi connectivity index (χ1n) is 6.07. The second kappa shape index (κ2) is 5.24. The molecule has 1 aromatic carbocycles. The first kappa shape index (κ1) is 13.3. The SMILES string of the molecule is CC(CN)(Cc1cnn(-c2ccccc2)c1)C(=O)O. The zero-order valence-electron chi connectivity index (χ0n) is 10.8. The minimum absolute atomic E-state index is 0.0961. The number of aliphatic carboxylic acids is 1. The topological polar surface area (TPSA) is 81.1 Å². The van der Waals surface area contributed by atoms with E-state index in [0.29, 0.717) is 6.42 Å². The maximum Gasteiger partial charge on any atom is 0.310 e. The van der Waals surface area contributed by atoms with E-state index in [4.69, 9.17) is 5.73 Å². The standard InChI is InChI=1S/C14H17N3O2/c1-14(10-15,13(18)19)7-11-8-16-17(9-11)12-5-3-2-4-6-12/h2-6,8-9H,7,10,15H2,1H3,(H,18,19). The smallest absolute Gasteiger partial charge is 0.310 e. The molecule has 1 aromatic heterocycles. The Labute approximate surface area is 111 Å². The van der Waals surface area contributed by atoms with E-state index in [1.54, 1.807) is 17.8 Å². The molecule has 3 N–H and O–H groups in total. The molecule has 1 unspecified atom stereocenters. The quantitative estimate of drug-likeness (QED) is 0.851. The Hall–Kier alpha value is -2.14. The van der Waals surface area contributed by atoms with Crippen molar-refractivity contribution in [3.63, 3.8) is 0 Å². The van der Waals surface area contributed by atoms with Gasteiger partial charge in [0.25, 0.3) is 0 Å². The number of nitrogens with zero attached hydrogens (tertiary/aromatic N) is 2. The fraction of sp³-hybridized carbons (Fsp3) is 0.286. The molecule has 0 radical (unpaired) electrons. The summed E-state index contributed by atoms with van der Waals surface area (Å²) in [6.45, 7) is 1.74. The lowest BCUT2D eigenvalue weighted by Gasteiger charge is -2.21. The van der Waals surface area contributed by atoms with Crippen LogP contribution in [0.15, 0.2) is 42.7 Å². The van der Waals surface area contributed by atoms with Gasteiger partial charge in [-0.1, -0.05) is 18.2 Å². The van der Waals surface area contributed by atoms with Crippen LogP contribution in [0.5, 0.6) is 0 Å². The predicted octanol–water partition coefficient (Wildman–Crippen LogP) is 1.46. The van der Waals surface area contributed by atoms with Crippen LogP contribution in [0.2, 0.25) is 0 Å². The number of hydrogen-bond donors (Lipinski definition) is 2. The highest BCUT2D eigenvalue weighted by atomic mass is 16.4. The third-order valence-corrected chi connectivity index (χ3v) is 3.22. The molecule has 0 spiro atoms. The van der Waals surface area contributed by atoms with Gasteiger partial charge in [0.05, 0.1) is 17.3 Å². The Morgan fingerprint density at radius 2 is 2.11 bits per heavy atom. The van der Waals surface area contributed by atoms with E-state index in [2.05, 4.69) is 5.10 Å². The highest BCUT2D eigenvalue weighted by Gasteiger charge is 2.32. The molecule has 0 amide bonds. The van der Waals surface area contributed by atoms with E-state index in [1.165, 1.54) is 0 Å². The molecular weight excluding hydrogens is 242 g/mol. The minimum Gasteiger partial charge on any atom is -0.481 e. The molecular formula is C14H17N3O2. The molecule has 0 bridgehead atoms. The first-order valence-corrected chi connectivity index (χ1v) is 6.07. The Morgan fingerprint density at radius 3 is 2.68 bits per heavy atom. The predicted molar refractivity (Wildman–Crippen MR) is 72.1 cm³/mol. The van der Waals surface area contributed by atoms with Crippen LogP contribution in [-0.4, -0.2) is 27.4 Å². The van der Waals surface area contributed by atoms with Gasteiger partial charge >= 0.3 is 5.97 Å². The molecule has 0 saturated carbocycles. The van der Waals surface area contributed by atoms with Crippen LogP contribution in [0.3, 0.4) is 0 Å². The maximum absolute atomic E-state index is 11.2. The number of rotatable bonds is 5. The summed E-state index contributed by atoms with van der Waals surface area (Å²) in [5.41, 5.74) is 6.42. The molecule has 0 fully saturated rings. The summed E-state index contributed by atoms with van der Waals surface area (Å²) >= 11 is 0. The normalized spacial score (nSPS) is 14.0. The van der Waals surface area contributed by atoms with Crippen molar-refractivity contribution in [1.82, 2.24) is 9.78 Å². The summed E-state index contributed by atoms with van der Waals surface area (Å²) in [7, 11) is 0. The average molecular weight is 259 g/mol. The molecule has 1 heterocycles. The Morgan fingerprint density at radius 1 is 1.42 bits per heavy atom. The zero-order chi connectivity index (χ0) is 13.9. The number of benzene rings is 1. The Balaban J connectivity index is 2.21. The van der Waals surface area contributed by atoms with Crippen molar-refractivity contribution in [3.8, 4) is 5.69 Å². The Bertz CT molecular complexity index is 565. The maximum atomic E-state index is 11.2.